The molecule has 13 nitrogen and oxygen atoms in total. The molecule has 31 heavy (non-hydrogen) atoms. The molecule has 0 unspecified atom stereocenters. The molecule has 0 aliphatic carbocycles. The first-order valence-corrected chi connectivity index (χ1v) is 10.2. The van der Waals surface area contributed by atoms with Crippen LogP contribution in [0.3, 0.4) is 0 Å². The molecule has 0 radical (unpaired) electrons. The summed E-state index contributed by atoms with van der Waals surface area (Å²) in [4.78, 5) is 48.3. The number of nitrogens with one attached hydrogen (secondary N) is 3. The number of aliphatic carboxylic acids is 1. The van der Waals surface area contributed by atoms with Crippen LogP contribution in [-0.2, 0) is 19.2 Å². The Balaban J connectivity index is 5.19. The van der Waals surface area contributed by atoms with Crippen LogP contribution in [0.4, 0.5) is 0 Å². The Labute approximate surface area is 181 Å². The van der Waals surface area contributed by atoms with Crippen molar-refractivity contribution >= 4 is 23.7 Å². The second-order valence-electron chi connectivity index (χ2n) is 7.06. The summed E-state index contributed by atoms with van der Waals surface area (Å²) in [5.74, 6) is -3.63. The van der Waals surface area contributed by atoms with E-state index >= 15 is 0 Å². The van der Waals surface area contributed by atoms with Gasteiger partial charge in [0.15, 0.2) is 0 Å². The van der Waals surface area contributed by atoms with Crippen molar-refractivity contribution < 1.29 is 34.5 Å². The van der Waals surface area contributed by atoms with Crippen molar-refractivity contribution in [2.75, 3.05) is 26.3 Å². The fourth-order valence-electron chi connectivity index (χ4n) is 2.61. The Morgan fingerprint density at radius 3 is 1.58 bits per heavy atom. The van der Waals surface area contributed by atoms with Crippen molar-refractivity contribution in [3.05, 3.63) is 0 Å². The second-order valence-corrected chi connectivity index (χ2v) is 7.06. The van der Waals surface area contributed by atoms with Crippen molar-refractivity contribution in [1.29, 1.82) is 0 Å². The molecule has 0 heterocycles. The van der Waals surface area contributed by atoms with Crippen LogP contribution in [0.25, 0.3) is 0 Å². The van der Waals surface area contributed by atoms with Crippen LogP contribution in [0.2, 0.25) is 0 Å². The van der Waals surface area contributed by atoms with Gasteiger partial charge in [-0.1, -0.05) is 0 Å². The van der Waals surface area contributed by atoms with Crippen LogP contribution in [0.1, 0.15) is 38.5 Å². The second kappa shape index (κ2) is 16.4. The molecule has 0 bridgehead atoms. The van der Waals surface area contributed by atoms with E-state index in [1.807, 2.05) is 0 Å². The lowest BCUT2D eigenvalue weighted by Gasteiger charge is -2.24. The van der Waals surface area contributed by atoms with Crippen molar-refractivity contribution in [2.45, 2.75) is 62.7 Å². The molecule has 0 aromatic rings. The molecule has 180 valence electrons. The molecule has 12 N–H and O–H groups in total. The van der Waals surface area contributed by atoms with E-state index in [4.69, 9.17) is 22.3 Å². The molecule has 3 amide bonds. The highest BCUT2D eigenvalue weighted by Crippen LogP contribution is 2.06. The molecule has 0 rings (SSSR count). The monoisotopic (exact) mass is 448 g/mol. The molecule has 13 heteroatoms. The van der Waals surface area contributed by atoms with Gasteiger partial charge in [-0.2, -0.15) is 0 Å². The van der Waals surface area contributed by atoms with Crippen LogP contribution in [0.5, 0.6) is 0 Å². The number of carbonyl (C=O) groups excluding carboxylic acids is 3. The number of unbranched alkanes of at least 4 members (excludes halogenated alkanes) is 2. The number of amides is 3. The van der Waals surface area contributed by atoms with Gasteiger partial charge < -0.3 is 48.5 Å². The summed E-state index contributed by atoms with van der Waals surface area (Å²) in [6.45, 7) is -0.667. The van der Waals surface area contributed by atoms with E-state index < -0.39 is 61.1 Å². The number of rotatable bonds is 17. The van der Waals surface area contributed by atoms with Gasteiger partial charge in [-0.25, -0.2) is 4.79 Å². The minimum atomic E-state index is -1.41. The highest BCUT2D eigenvalue weighted by Gasteiger charge is 2.29. The SMILES string of the molecule is NCCCC[C@H](NC(=O)[C@H](CCCCN)NC(=O)[C@H](CO)NC(=O)[C@@H](N)CO)C(=O)O. The molecule has 4 atom stereocenters. The van der Waals surface area contributed by atoms with Crippen molar-refractivity contribution in [1.82, 2.24) is 16.0 Å². The summed E-state index contributed by atoms with van der Waals surface area (Å²) in [5.41, 5.74) is 16.2. The first kappa shape index (κ1) is 28.7. The number of carboxylic acid groups (broad SMARTS) is 1. The van der Waals surface area contributed by atoms with Crippen molar-refractivity contribution in [3.63, 3.8) is 0 Å². The van der Waals surface area contributed by atoms with Gasteiger partial charge in [0.05, 0.1) is 13.2 Å². The van der Waals surface area contributed by atoms with Gasteiger partial charge in [0, 0.05) is 0 Å². The van der Waals surface area contributed by atoms with Gasteiger partial charge in [-0.05, 0) is 51.6 Å². The van der Waals surface area contributed by atoms with Crippen LogP contribution in [0.15, 0.2) is 0 Å². The first-order chi connectivity index (χ1) is 14.7. The van der Waals surface area contributed by atoms with E-state index in [0.29, 0.717) is 38.8 Å². The Bertz CT molecular complexity index is 578. The minimum Gasteiger partial charge on any atom is -0.480 e. The zero-order chi connectivity index (χ0) is 23.8. The fraction of sp³-hybridized carbons (Fsp3) is 0.778. The van der Waals surface area contributed by atoms with E-state index in [0.717, 1.165) is 0 Å². The third-order valence-corrected chi connectivity index (χ3v) is 4.49. The highest BCUT2D eigenvalue weighted by molar-refractivity contribution is 5.94. The molecular formula is C18H36N6O7. The van der Waals surface area contributed by atoms with E-state index in [-0.39, 0.29) is 12.8 Å². The lowest BCUT2D eigenvalue weighted by Crippen LogP contribution is -2.58. The molecule has 0 saturated carbocycles. The molecular weight excluding hydrogens is 412 g/mol. The predicted molar refractivity (Wildman–Crippen MR) is 111 cm³/mol. The van der Waals surface area contributed by atoms with Gasteiger partial charge in [-0.3, -0.25) is 14.4 Å². The number of hydrogen-bond donors (Lipinski definition) is 9. The smallest absolute Gasteiger partial charge is 0.326 e. The highest BCUT2D eigenvalue weighted by atomic mass is 16.4. The van der Waals surface area contributed by atoms with E-state index in [2.05, 4.69) is 16.0 Å². The Morgan fingerprint density at radius 2 is 1.13 bits per heavy atom. The lowest BCUT2D eigenvalue weighted by molar-refractivity contribution is -0.142. The number of aliphatic hydroxyl groups is 2. The largest absolute Gasteiger partial charge is 0.480 e. The van der Waals surface area contributed by atoms with Gasteiger partial charge in [-0.15, -0.1) is 0 Å². The topological polar surface area (TPSA) is 243 Å². The summed E-state index contributed by atoms with van der Waals surface area (Å²) < 4.78 is 0. The maximum absolute atomic E-state index is 12.7. The van der Waals surface area contributed by atoms with Gasteiger partial charge in [0.25, 0.3) is 0 Å². The van der Waals surface area contributed by atoms with Crippen LogP contribution < -0.4 is 33.2 Å². The number of nitrogens with two attached hydrogens (primary N) is 3. The van der Waals surface area contributed by atoms with Crippen molar-refractivity contribution in [2.24, 2.45) is 17.2 Å². The lowest BCUT2D eigenvalue weighted by atomic mass is 10.1. The van der Waals surface area contributed by atoms with Gasteiger partial charge >= 0.3 is 5.97 Å². The zero-order valence-electron chi connectivity index (χ0n) is 17.6. The number of aliphatic hydroxyl groups excluding tert-OH is 2. The summed E-state index contributed by atoms with van der Waals surface area (Å²) in [5, 5.41) is 34.7. The Morgan fingerprint density at radius 1 is 0.677 bits per heavy atom. The van der Waals surface area contributed by atoms with Gasteiger partial charge in [0.2, 0.25) is 17.7 Å². The van der Waals surface area contributed by atoms with E-state index in [9.17, 15) is 29.4 Å². The predicted octanol–water partition coefficient (Wildman–Crippen LogP) is -3.90. The Kier molecular flexibility index (Phi) is 15.2. The van der Waals surface area contributed by atoms with E-state index in [1.54, 1.807) is 0 Å². The standard InChI is InChI=1S/C18H36N6O7/c19-7-3-1-5-12(16(28)23-13(18(30)31)6-2-4-8-20)22-17(29)14(10-26)24-15(27)11(21)9-25/h11-14,25-26H,1-10,19-21H2,(H,22,29)(H,23,28)(H,24,27)(H,30,31)/t11-,12-,13-,14-/m0/s1. The van der Waals surface area contributed by atoms with Crippen LogP contribution >= 0.6 is 0 Å². The van der Waals surface area contributed by atoms with E-state index in [1.165, 1.54) is 0 Å². The molecule has 0 spiro atoms. The third-order valence-electron chi connectivity index (χ3n) is 4.49. The average Bonchev–Trinajstić information content (AvgIpc) is 2.74. The number of hydrogen-bond acceptors (Lipinski definition) is 9. The molecule has 0 aromatic heterocycles. The summed E-state index contributed by atoms with van der Waals surface area (Å²) >= 11 is 0. The summed E-state index contributed by atoms with van der Waals surface area (Å²) in [6, 6.07) is -4.94. The number of carbonyl (C=O) groups is 4. The fourth-order valence-corrected chi connectivity index (χ4v) is 2.61. The molecule has 0 saturated heterocycles. The molecule has 0 aromatic carbocycles. The van der Waals surface area contributed by atoms with Crippen molar-refractivity contribution in [3.8, 4) is 0 Å². The molecule has 0 aliphatic rings. The maximum Gasteiger partial charge on any atom is 0.326 e. The summed E-state index contributed by atoms with van der Waals surface area (Å²) in [7, 11) is 0. The normalized spacial score (nSPS) is 14.7. The molecule has 0 fully saturated rings. The zero-order valence-corrected chi connectivity index (χ0v) is 17.6. The average molecular weight is 449 g/mol. The first-order valence-electron chi connectivity index (χ1n) is 10.2. The van der Waals surface area contributed by atoms with Crippen LogP contribution in [0, 0.1) is 0 Å². The maximum atomic E-state index is 12.7. The minimum absolute atomic E-state index is 0.173. The Hall–Kier alpha value is -2.32. The third kappa shape index (κ3) is 11.6. The van der Waals surface area contributed by atoms with Gasteiger partial charge in [0.1, 0.15) is 24.2 Å². The quantitative estimate of drug-likeness (QED) is 0.0978. The summed E-state index contributed by atoms with van der Waals surface area (Å²) in [6.07, 6.45) is 2.50. The van der Waals surface area contributed by atoms with Crippen LogP contribution in [-0.4, -0.2) is 89.5 Å². The number of carboxylic acids is 1. The molecule has 0 aliphatic heterocycles.